The Morgan fingerprint density at radius 2 is 1.93 bits per heavy atom. The van der Waals surface area contributed by atoms with Crippen LogP contribution in [0.3, 0.4) is 0 Å². The third-order valence-electron chi connectivity index (χ3n) is 3.74. The maximum atomic E-state index is 12.2. The molecule has 0 unspecified atom stereocenters. The van der Waals surface area contributed by atoms with Gasteiger partial charge >= 0.3 is 6.36 Å². The van der Waals surface area contributed by atoms with Crippen LogP contribution >= 0.6 is 0 Å². The number of pyridine rings is 1. The van der Waals surface area contributed by atoms with Gasteiger partial charge < -0.3 is 24.7 Å². The normalized spacial score (nSPS) is 11.6. The van der Waals surface area contributed by atoms with Crippen LogP contribution in [-0.2, 0) is 11.3 Å². The second-order valence-electron chi connectivity index (χ2n) is 5.59. The fourth-order valence-electron chi connectivity index (χ4n) is 2.58. The van der Waals surface area contributed by atoms with E-state index in [2.05, 4.69) is 25.3 Å². The van der Waals surface area contributed by atoms with Crippen molar-refractivity contribution in [2.24, 2.45) is 0 Å². The zero-order valence-electron chi connectivity index (χ0n) is 14.7. The van der Waals surface area contributed by atoms with Crippen LogP contribution < -0.4 is 15.4 Å². The highest BCUT2D eigenvalue weighted by Crippen LogP contribution is 2.26. The molecule has 0 aliphatic heterocycles. The van der Waals surface area contributed by atoms with Crippen molar-refractivity contribution >= 4 is 28.5 Å². The van der Waals surface area contributed by atoms with E-state index in [9.17, 15) is 13.2 Å². The van der Waals surface area contributed by atoms with Crippen LogP contribution in [0.4, 0.5) is 30.6 Å². The summed E-state index contributed by atoms with van der Waals surface area (Å²) in [5, 5.41) is 6.09. The number of nitrogens with one attached hydrogen (secondary N) is 2. The number of alkyl halides is 3. The molecular formula is C17H18F3N5O2. The lowest BCUT2D eigenvalue weighted by molar-refractivity contribution is -0.274. The zero-order valence-corrected chi connectivity index (χ0v) is 14.7. The number of ether oxygens (including phenoxy) is 2. The average molecular weight is 381 g/mol. The first-order chi connectivity index (χ1) is 12.9. The Morgan fingerprint density at radius 3 is 2.56 bits per heavy atom. The Kier molecular flexibility index (Phi) is 5.36. The monoisotopic (exact) mass is 381 g/mol. The Morgan fingerprint density at radius 1 is 1.19 bits per heavy atom. The SMILES string of the molecule is CNc1nc2cnc(Nc3ccc(OC(F)(F)F)cc3)cc2n1CCOC. The van der Waals surface area contributed by atoms with E-state index in [0.29, 0.717) is 30.6 Å². The van der Waals surface area contributed by atoms with Gasteiger partial charge in [0, 0.05) is 32.5 Å². The summed E-state index contributed by atoms with van der Waals surface area (Å²) in [6.07, 6.45) is -3.09. The van der Waals surface area contributed by atoms with Gasteiger partial charge in [-0.2, -0.15) is 0 Å². The van der Waals surface area contributed by atoms with Gasteiger partial charge in [0.2, 0.25) is 5.95 Å². The molecule has 3 rings (SSSR count). The summed E-state index contributed by atoms with van der Waals surface area (Å²) in [4.78, 5) is 8.76. The molecule has 0 amide bonds. The van der Waals surface area contributed by atoms with Gasteiger partial charge in [0.05, 0.1) is 18.3 Å². The first kappa shape index (κ1) is 18.8. The molecule has 144 valence electrons. The Labute approximate surface area is 153 Å². The molecule has 0 fully saturated rings. The maximum absolute atomic E-state index is 12.2. The number of anilines is 3. The van der Waals surface area contributed by atoms with E-state index in [1.165, 1.54) is 24.3 Å². The van der Waals surface area contributed by atoms with Crippen LogP contribution in [0.25, 0.3) is 11.0 Å². The van der Waals surface area contributed by atoms with Crippen LogP contribution in [0, 0.1) is 0 Å². The molecule has 3 aromatic rings. The molecule has 0 radical (unpaired) electrons. The second kappa shape index (κ2) is 7.70. The Bertz CT molecular complexity index is 909. The van der Waals surface area contributed by atoms with E-state index in [4.69, 9.17) is 4.74 Å². The lowest BCUT2D eigenvalue weighted by Crippen LogP contribution is -2.16. The fraction of sp³-hybridized carbons (Fsp3) is 0.294. The number of nitrogens with zero attached hydrogens (tertiary/aromatic N) is 3. The highest BCUT2D eigenvalue weighted by atomic mass is 19.4. The topological polar surface area (TPSA) is 73.2 Å². The summed E-state index contributed by atoms with van der Waals surface area (Å²) in [7, 11) is 3.40. The molecule has 0 saturated heterocycles. The summed E-state index contributed by atoms with van der Waals surface area (Å²) in [5.41, 5.74) is 2.15. The van der Waals surface area contributed by atoms with Crippen molar-refractivity contribution in [3.05, 3.63) is 36.5 Å². The lowest BCUT2D eigenvalue weighted by Gasteiger charge is -2.11. The highest BCUT2D eigenvalue weighted by Gasteiger charge is 2.30. The Hall–Kier alpha value is -3.01. The van der Waals surface area contributed by atoms with Crippen molar-refractivity contribution in [2.45, 2.75) is 12.9 Å². The van der Waals surface area contributed by atoms with Crippen LogP contribution in [0.1, 0.15) is 0 Å². The molecule has 0 spiro atoms. The molecule has 2 aromatic heterocycles. The molecule has 10 heteroatoms. The molecule has 2 N–H and O–H groups in total. The number of methoxy groups -OCH3 is 1. The average Bonchev–Trinajstić information content (AvgIpc) is 2.97. The molecule has 0 bridgehead atoms. The summed E-state index contributed by atoms with van der Waals surface area (Å²) in [6, 6.07) is 7.24. The van der Waals surface area contributed by atoms with E-state index in [1.54, 1.807) is 20.4 Å². The maximum Gasteiger partial charge on any atom is 0.573 e. The fourth-order valence-corrected chi connectivity index (χ4v) is 2.58. The molecule has 0 aliphatic carbocycles. The number of halogens is 3. The molecule has 1 aromatic carbocycles. The van der Waals surface area contributed by atoms with Gasteiger partial charge in [-0.1, -0.05) is 0 Å². The number of hydrogen-bond acceptors (Lipinski definition) is 6. The van der Waals surface area contributed by atoms with Gasteiger partial charge in [-0.05, 0) is 24.3 Å². The largest absolute Gasteiger partial charge is 0.573 e. The van der Waals surface area contributed by atoms with E-state index in [-0.39, 0.29) is 5.75 Å². The van der Waals surface area contributed by atoms with Crippen molar-refractivity contribution in [1.29, 1.82) is 0 Å². The van der Waals surface area contributed by atoms with Crippen molar-refractivity contribution in [1.82, 2.24) is 14.5 Å². The molecule has 2 heterocycles. The first-order valence-corrected chi connectivity index (χ1v) is 8.05. The molecule has 0 atom stereocenters. The zero-order chi connectivity index (χ0) is 19.4. The van der Waals surface area contributed by atoms with Crippen molar-refractivity contribution in [2.75, 3.05) is 31.4 Å². The molecular weight excluding hydrogens is 363 g/mol. The third kappa shape index (κ3) is 4.59. The standard InChI is InChI=1S/C17H18F3N5O2/c1-21-16-24-13-10-22-15(9-14(13)25(16)7-8-26-2)23-11-3-5-12(6-4-11)27-17(18,19)20/h3-6,9-10H,7-8H2,1-2H3,(H,21,24)(H,22,23). The number of fused-ring (bicyclic) bond motifs is 1. The minimum atomic E-state index is -4.72. The van der Waals surface area contributed by atoms with E-state index in [0.717, 1.165) is 11.0 Å². The number of rotatable bonds is 7. The number of benzene rings is 1. The minimum Gasteiger partial charge on any atom is -0.406 e. The quantitative estimate of drug-likeness (QED) is 0.649. The van der Waals surface area contributed by atoms with E-state index < -0.39 is 6.36 Å². The molecule has 0 aliphatic rings. The summed E-state index contributed by atoms with van der Waals surface area (Å²) < 4.78 is 47.6. The highest BCUT2D eigenvalue weighted by molar-refractivity contribution is 5.81. The number of aromatic nitrogens is 3. The van der Waals surface area contributed by atoms with Gasteiger partial charge in [-0.25, -0.2) is 9.97 Å². The van der Waals surface area contributed by atoms with Gasteiger partial charge in [-0.15, -0.1) is 13.2 Å². The number of hydrogen-bond donors (Lipinski definition) is 2. The van der Waals surface area contributed by atoms with Gasteiger partial charge in [-0.3, -0.25) is 0 Å². The Balaban J connectivity index is 1.82. The smallest absolute Gasteiger partial charge is 0.406 e. The van der Waals surface area contributed by atoms with Crippen molar-refractivity contribution < 1.29 is 22.6 Å². The molecule has 7 nitrogen and oxygen atoms in total. The van der Waals surface area contributed by atoms with E-state index >= 15 is 0 Å². The first-order valence-electron chi connectivity index (χ1n) is 8.05. The summed E-state index contributed by atoms with van der Waals surface area (Å²) >= 11 is 0. The van der Waals surface area contributed by atoms with Gasteiger partial charge in [0.1, 0.15) is 17.1 Å². The summed E-state index contributed by atoms with van der Waals surface area (Å²) in [6.45, 7) is 1.13. The van der Waals surface area contributed by atoms with Gasteiger partial charge in [0.25, 0.3) is 0 Å². The third-order valence-corrected chi connectivity index (χ3v) is 3.74. The van der Waals surface area contributed by atoms with Crippen molar-refractivity contribution in [3.63, 3.8) is 0 Å². The predicted octanol–water partition coefficient (Wildman–Crippen LogP) is 3.76. The van der Waals surface area contributed by atoms with Gasteiger partial charge in [0.15, 0.2) is 0 Å². The van der Waals surface area contributed by atoms with Crippen LogP contribution in [0.5, 0.6) is 5.75 Å². The molecule has 27 heavy (non-hydrogen) atoms. The lowest BCUT2D eigenvalue weighted by atomic mass is 10.3. The van der Waals surface area contributed by atoms with Crippen LogP contribution in [-0.4, -0.2) is 41.7 Å². The minimum absolute atomic E-state index is 0.284. The van der Waals surface area contributed by atoms with E-state index in [1.807, 2.05) is 10.6 Å². The predicted molar refractivity (Wildman–Crippen MR) is 95.4 cm³/mol. The number of imidazole rings is 1. The second-order valence-corrected chi connectivity index (χ2v) is 5.59. The summed E-state index contributed by atoms with van der Waals surface area (Å²) in [5.74, 6) is 0.940. The van der Waals surface area contributed by atoms with Crippen LogP contribution in [0.2, 0.25) is 0 Å². The van der Waals surface area contributed by atoms with Crippen LogP contribution in [0.15, 0.2) is 36.5 Å². The molecule has 0 saturated carbocycles. The van der Waals surface area contributed by atoms with Crippen molar-refractivity contribution in [3.8, 4) is 5.75 Å².